The van der Waals surface area contributed by atoms with Crippen molar-refractivity contribution in [2.24, 2.45) is 0 Å². The molecule has 0 saturated carbocycles. The number of anilines is 1. The Morgan fingerprint density at radius 1 is 1.35 bits per heavy atom. The fourth-order valence-corrected chi connectivity index (χ4v) is 2.08. The first-order chi connectivity index (χ1) is 8.22. The lowest BCUT2D eigenvalue weighted by atomic mass is 10.1. The molecule has 0 spiro atoms. The Morgan fingerprint density at radius 3 is 2.82 bits per heavy atom. The van der Waals surface area contributed by atoms with Crippen LogP contribution < -0.4 is 4.90 Å². The first-order valence-electron chi connectivity index (χ1n) is 5.66. The summed E-state index contributed by atoms with van der Waals surface area (Å²) in [4.78, 5) is 25.0. The van der Waals surface area contributed by atoms with Gasteiger partial charge in [-0.25, -0.2) is 4.79 Å². The van der Waals surface area contributed by atoms with E-state index in [1.807, 2.05) is 17.0 Å². The van der Waals surface area contributed by atoms with Gasteiger partial charge in [0.25, 0.3) is 0 Å². The molecule has 1 heterocycles. The van der Waals surface area contributed by atoms with E-state index in [0.717, 1.165) is 18.7 Å². The smallest absolute Gasteiger partial charge is 0.339 e. The second-order valence-electron chi connectivity index (χ2n) is 4.07. The van der Waals surface area contributed by atoms with Crippen molar-refractivity contribution in [3.8, 4) is 0 Å². The van der Waals surface area contributed by atoms with Crippen LogP contribution in [0.1, 0.15) is 23.2 Å². The molecule has 1 saturated heterocycles. The zero-order valence-electron chi connectivity index (χ0n) is 9.81. The van der Waals surface area contributed by atoms with Crippen LogP contribution in [0.15, 0.2) is 24.3 Å². The number of hydrogen-bond acceptors (Lipinski definition) is 4. The average molecular weight is 233 g/mol. The molecule has 90 valence electrons. The molecule has 0 unspecified atom stereocenters. The van der Waals surface area contributed by atoms with Crippen LogP contribution in [0.4, 0.5) is 5.69 Å². The number of carbonyl (C=O) groups is 2. The zero-order valence-corrected chi connectivity index (χ0v) is 9.81. The summed E-state index contributed by atoms with van der Waals surface area (Å²) >= 11 is 0. The molecule has 0 bridgehead atoms. The summed E-state index contributed by atoms with van der Waals surface area (Å²) in [6, 6.07) is 7.23. The van der Waals surface area contributed by atoms with Crippen molar-refractivity contribution in [3.63, 3.8) is 0 Å². The maximum Gasteiger partial charge on any atom is 0.339 e. The van der Waals surface area contributed by atoms with E-state index in [2.05, 4.69) is 0 Å². The topological polar surface area (TPSA) is 46.6 Å². The van der Waals surface area contributed by atoms with E-state index < -0.39 is 0 Å². The monoisotopic (exact) mass is 233 g/mol. The molecule has 4 heteroatoms. The number of carbonyl (C=O) groups excluding carboxylic acids is 2. The number of benzene rings is 1. The van der Waals surface area contributed by atoms with Gasteiger partial charge in [-0.05, 0) is 18.6 Å². The number of para-hydroxylation sites is 1. The van der Waals surface area contributed by atoms with Crippen LogP contribution in [-0.2, 0) is 9.53 Å². The summed E-state index contributed by atoms with van der Waals surface area (Å²) in [7, 11) is 1.36. The van der Waals surface area contributed by atoms with Gasteiger partial charge in [-0.3, -0.25) is 4.79 Å². The lowest BCUT2D eigenvalue weighted by Crippen LogP contribution is -2.36. The van der Waals surface area contributed by atoms with Gasteiger partial charge in [0.15, 0.2) is 5.78 Å². The highest BCUT2D eigenvalue weighted by Gasteiger charge is 2.21. The van der Waals surface area contributed by atoms with E-state index in [9.17, 15) is 9.59 Å². The summed E-state index contributed by atoms with van der Waals surface area (Å²) in [5.41, 5.74) is 1.30. The van der Waals surface area contributed by atoms with Crippen LogP contribution in [0.5, 0.6) is 0 Å². The van der Waals surface area contributed by atoms with Gasteiger partial charge >= 0.3 is 5.97 Å². The third kappa shape index (κ3) is 2.46. The zero-order chi connectivity index (χ0) is 12.3. The molecule has 1 aliphatic rings. The van der Waals surface area contributed by atoms with Crippen molar-refractivity contribution in [2.75, 3.05) is 25.1 Å². The van der Waals surface area contributed by atoms with E-state index in [4.69, 9.17) is 4.74 Å². The number of hydrogen-bond donors (Lipinski definition) is 0. The molecular formula is C13H15NO3. The highest BCUT2D eigenvalue weighted by Crippen LogP contribution is 2.23. The summed E-state index contributed by atoms with van der Waals surface area (Å²) in [6.45, 7) is 1.19. The average Bonchev–Trinajstić information content (AvgIpc) is 2.38. The molecule has 1 aliphatic heterocycles. The maximum atomic E-state index is 11.6. The van der Waals surface area contributed by atoms with E-state index >= 15 is 0 Å². The normalized spacial score (nSPS) is 15.8. The molecule has 2 rings (SSSR count). The summed E-state index contributed by atoms with van der Waals surface area (Å²) in [5.74, 6) is -0.144. The maximum absolute atomic E-state index is 11.6. The number of rotatable bonds is 2. The first-order valence-corrected chi connectivity index (χ1v) is 5.66. The third-order valence-electron chi connectivity index (χ3n) is 2.90. The predicted octanol–water partition coefficient (Wildman–Crippen LogP) is 1.64. The van der Waals surface area contributed by atoms with Crippen molar-refractivity contribution < 1.29 is 14.3 Å². The van der Waals surface area contributed by atoms with Gasteiger partial charge in [-0.1, -0.05) is 12.1 Å². The van der Waals surface area contributed by atoms with E-state index in [1.54, 1.807) is 12.1 Å². The number of piperidine rings is 1. The number of ketones is 1. The summed E-state index contributed by atoms with van der Waals surface area (Å²) < 4.78 is 4.74. The molecule has 0 aromatic heterocycles. The number of nitrogens with zero attached hydrogens (tertiary/aromatic N) is 1. The van der Waals surface area contributed by atoms with Crippen LogP contribution in [-0.4, -0.2) is 32.0 Å². The Balaban J connectivity index is 2.30. The SMILES string of the molecule is COC(=O)c1ccccc1N1CCCC(=O)C1. The van der Waals surface area contributed by atoms with E-state index in [1.165, 1.54) is 7.11 Å². The minimum absolute atomic E-state index is 0.218. The van der Waals surface area contributed by atoms with Crippen LogP contribution >= 0.6 is 0 Å². The van der Waals surface area contributed by atoms with Gasteiger partial charge < -0.3 is 9.64 Å². The lowest BCUT2D eigenvalue weighted by Gasteiger charge is -2.29. The van der Waals surface area contributed by atoms with Crippen LogP contribution in [0.25, 0.3) is 0 Å². The molecule has 0 amide bonds. The second-order valence-corrected chi connectivity index (χ2v) is 4.07. The number of Topliss-reactive ketones (excluding diaryl/α,β-unsaturated/α-hetero) is 1. The van der Waals surface area contributed by atoms with Crippen LogP contribution in [0.2, 0.25) is 0 Å². The van der Waals surface area contributed by atoms with Gasteiger partial charge in [0.2, 0.25) is 0 Å². The third-order valence-corrected chi connectivity index (χ3v) is 2.90. The van der Waals surface area contributed by atoms with Crippen LogP contribution in [0.3, 0.4) is 0 Å². The minimum atomic E-state index is -0.362. The molecule has 1 aromatic carbocycles. The fraction of sp³-hybridized carbons (Fsp3) is 0.385. The van der Waals surface area contributed by atoms with E-state index in [0.29, 0.717) is 18.5 Å². The number of esters is 1. The molecule has 1 fully saturated rings. The van der Waals surface area contributed by atoms with Gasteiger partial charge in [0.1, 0.15) is 0 Å². The van der Waals surface area contributed by atoms with Gasteiger partial charge in [-0.2, -0.15) is 0 Å². The highest BCUT2D eigenvalue weighted by atomic mass is 16.5. The Bertz CT molecular complexity index is 442. The summed E-state index contributed by atoms with van der Waals surface area (Å²) in [5, 5.41) is 0. The van der Waals surface area contributed by atoms with Gasteiger partial charge in [0, 0.05) is 13.0 Å². The van der Waals surface area contributed by atoms with Crippen molar-refractivity contribution >= 4 is 17.4 Å². The second kappa shape index (κ2) is 4.99. The van der Waals surface area contributed by atoms with E-state index in [-0.39, 0.29) is 11.8 Å². The highest BCUT2D eigenvalue weighted by molar-refractivity contribution is 5.97. The predicted molar refractivity (Wildman–Crippen MR) is 64.2 cm³/mol. The standard InChI is InChI=1S/C13H15NO3/c1-17-13(16)11-6-2-3-7-12(11)14-8-4-5-10(15)9-14/h2-3,6-7H,4-5,8-9H2,1H3. The molecule has 0 N–H and O–H groups in total. The minimum Gasteiger partial charge on any atom is -0.465 e. The van der Waals surface area contributed by atoms with Gasteiger partial charge in [-0.15, -0.1) is 0 Å². The lowest BCUT2D eigenvalue weighted by molar-refractivity contribution is -0.118. The number of methoxy groups -OCH3 is 1. The van der Waals surface area contributed by atoms with Crippen molar-refractivity contribution in [2.45, 2.75) is 12.8 Å². The Hall–Kier alpha value is -1.84. The first kappa shape index (κ1) is 11.6. The largest absolute Gasteiger partial charge is 0.465 e. The number of ether oxygens (including phenoxy) is 1. The molecule has 0 aliphatic carbocycles. The molecule has 4 nitrogen and oxygen atoms in total. The van der Waals surface area contributed by atoms with Crippen molar-refractivity contribution in [1.82, 2.24) is 0 Å². The quantitative estimate of drug-likeness (QED) is 0.728. The molecule has 1 aromatic rings. The molecule has 0 radical (unpaired) electrons. The van der Waals surface area contributed by atoms with Crippen molar-refractivity contribution in [1.29, 1.82) is 0 Å². The van der Waals surface area contributed by atoms with Crippen LogP contribution in [0, 0.1) is 0 Å². The molecule has 0 atom stereocenters. The molecule has 17 heavy (non-hydrogen) atoms. The Kier molecular flexibility index (Phi) is 3.42. The Labute approximate surface area is 100 Å². The summed E-state index contributed by atoms with van der Waals surface area (Å²) in [6.07, 6.45) is 1.48. The van der Waals surface area contributed by atoms with Gasteiger partial charge in [0.05, 0.1) is 24.9 Å². The van der Waals surface area contributed by atoms with Crippen molar-refractivity contribution in [3.05, 3.63) is 29.8 Å². The molecular weight excluding hydrogens is 218 g/mol. The fourth-order valence-electron chi connectivity index (χ4n) is 2.08. The Morgan fingerprint density at radius 2 is 2.12 bits per heavy atom.